The van der Waals surface area contributed by atoms with Crippen LogP contribution in [0.25, 0.3) is 0 Å². The van der Waals surface area contributed by atoms with Crippen LogP contribution in [0.2, 0.25) is 0 Å². The van der Waals surface area contributed by atoms with Gasteiger partial charge in [0.15, 0.2) is 0 Å². The lowest BCUT2D eigenvalue weighted by atomic mass is 10.1. The van der Waals surface area contributed by atoms with E-state index in [1.165, 1.54) is 10.5 Å². The Morgan fingerprint density at radius 2 is 2.00 bits per heavy atom. The zero-order valence-electron chi connectivity index (χ0n) is 10.9. The Balaban J connectivity index is 2.59. The quantitative estimate of drug-likeness (QED) is 0.464. The average molecular weight is 256 g/mol. The molecule has 0 N–H and O–H groups in total. The molecule has 1 unspecified atom stereocenters. The van der Waals surface area contributed by atoms with E-state index in [2.05, 4.69) is 56.5 Å². The normalized spacial score (nSPS) is 13.5. The van der Waals surface area contributed by atoms with E-state index in [1.807, 2.05) is 30.0 Å². The molecule has 1 heteroatoms. The minimum atomic E-state index is 0.442. The third kappa shape index (κ3) is 5.74. The van der Waals surface area contributed by atoms with Crippen molar-refractivity contribution in [3.05, 3.63) is 79.4 Å². The summed E-state index contributed by atoms with van der Waals surface area (Å²) in [6.07, 6.45) is 11.0. The highest BCUT2D eigenvalue weighted by molar-refractivity contribution is 8.00. The molecule has 0 saturated heterocycles. The molecule has 1 aromatic carbocycles. The summed E-state index contributed by atoms with van der Waals surface area (Å²) in [5.41, 5.74) is 1.25. The van der Waals surface area contributed by atoms with Crippen LogP contribution < -0.4 is 0 Å². The summed E-state index contributed by atoms with van der Waals surface area (Å²) in [6, 6.07) is 10.5. The van der Waals surface area contributed by atoms with Gasteiger partial charge in [-0.15, -0.1) is 11.8 Å². The van der Waals surface area contributed by atoms with Gasteiger partial charge in [0.2, 0.25) is 0 Å². The molecule has 18 heavy (non-hydrogen) atoms. The van der Waals surface area contributed by atoms with E-state index in [4.69, 9.17) is 0 Å². The highest BCUT2D eigenvalue weighted by atomic mass is 32.2. The molecule has 0 bridgehead atoms. The van der Waals surface area contributed by atoms with Gasteiger partial charge < -0.3 is 0 Å². The molecular weight excluding hydrogens is 236 g/mol. The van der Waals surface area contributed by atoms with Gasteiger partial charge in [-0.05, 0) is 31.1 Å². The van der Waals surface area contributed by atoms with Gasteiger partial charge in [0, 0.05) is 10.1 Å². The molecule has 1 rings (SSSR count). The molecule has 0 fully saturated rings. The predicted molar refractivity (Wildman–Crippen MR) is 84.0 cm³/mol. The first-order valence-electron chi connectivity index (χ1n) is 6.08. The number of hydrogen-bond donors (Lipinski definition) is 0. The molecule has 0 aliphatic rings. The van der Waals surface area contributed by atoms with Gasteiger partial charge in [-0.25, -0.2) is 0 Å². The molecule has 0 radical (unpaired) electrons. The van der Waals surface area contributed by atoms with Crippen molar-refractivity contribution in [3.8, 4) is 0 Å². The molecule has 0 aromatic heterocycles. The fourth-order valence-electron chi connectivity index (χ4n) is 1.57. The summed E-state index contributed by atoms with van der Waals surface area (Å²) < 4.78 is 0. The van der Waals surface area contributed by atoms with E-state index in [0.29, 0.717) is 5.25 Å². The lowest BCUT2D eigenvalue weighted by Gasteiger charge is -2.08. The van der Waals surface area contributed by atoms with Gasteiger partial charge >= 0.3 is 0 Å². The molecule has 0 aliphatic heterocycles. The fourth-order valence-corrected chi connectivity index (χ4v) is 2.56. The number of allylic oxidation sites excluding steroid dienone is 5. The lowest BCUT2D eigenvalue weighted by molar-refractivity contribution is 1.17. The number of hydrogen-bond acceptors (Lipinski definition) is 1. The molecule has 1 atom stereocenters. The molecule has 0 amide bonds. The number of benzene rings is 1. The molecular formula is C17H20S. The standard InChI is InChI=1S/C17H20S/c1-4-6-8-11-16(5-2)14-15(3)18-17-12-9-7-10-13-17/h4-10,12-15H,1-2,11H2,3H3/b8-6-,16-14-. The topological polar surface area (TPSA) is 0 Å². The Bertz CT molecular complexity index is 426. The Hall–Kier alpha value is -1.47. The maximum Gasteiger partial charge on any atom is 0.0251 e. The van der Waals surface area contributed by atoms with Gasteiger partial charge in [0.25, 0.3) is 0 Å². The highest BCUT2D eigenvalue weighted by Gasteiger charge is 2.01. The SMILES string of the molecule is C=C/C=C\C/C(C=C)=C\C(C)Sc1ccccc1. The van der Waals surface area contributed by atoms with E-state index >= 15 is 0 Å². The van der Waals surface area contributed by atoms with Crippen LogP contribution in [-0.2, 0) is 0 Å². The summed E-state index contributed by atoms with van der Waals surface area (Å²) in [5, 5.41) is 0.442. The third-order valence-electron chi connectivity index (χ3n) is 2.40. The van der Waals surface area contributed by atoms with Crippen molar-refractivity contribution in [1.29, 1.82) is 0 Å². The summed E-state index contributed by atoms with van der Waals surface area (Å²) in [7, 11) is 0. The molecule has 0 heterocycles. The summed E-state index contributed by atoms with van der Waals surface area (Å²) >= 11 is 1.86. The van der Waals surface area contributed by atoms with Crippen LogP contribution in [0.4, 0.5) is 0 Å². The molecule has 0 aliphatic carbocycles. The van der Waals surface area contributed by atoms with Crippen LogP contribution in [0.1, 0.15) is 13.3 Å². The van der Waals surface area contributed by atoms with Crippen molar-refractivity contribution in [1.82, 2.24) is 0 Å². The Labute approximate surface area is 115 Å². The zero-order chi connectivity index (χ0) is 13.2. The first kappa shape index (κ1) is 14.6. The summed E-state index contributed by atoms with van der Waals surface area (Å²) in [6.45, 7) is 9.73. The second-order valence-corrected chi connectivity index (χ2v) is 5.40. The van der Waals surface area contributed by atoms with Crippen molar-refractivity contribution in [2.24, 2.45) is 0 Å². The van der Waals surface area contributed by atoms with E-state index in [0.717, 1.165) is 6.42 Å². The first-order chi connectivity index (χ1) is 8.76. The van der Waals surface area contributed by atoms with Crippen molar-refractivity contribution < 1.29 is 0 Å². The minimum Gasteiger partial charge on any atom is -0.119 e. The van der Waals surface area contributed by atoms with Crippen LogP contribution in [-0.4, -0.2) is 5.25 Å². The second-order valence-electron chi connectivity index (χ2n) is 3.95. The van der Waals surface area contributed by atoms with Crippen LogP contribution in [0.5, 0.6) is 0 Å². The largest absolute Gasteiger partial charge is 0.119 e. The molecule has 0 saturated carbocycles. The van der Waals surface area contributed by atoms with Gasteiger partial charge in [-0.2, -0.15) is 0 Å². The van der Waals surface area contributed by atoms with Crippen LogP contribution >= 0.6 is 11.8 Å². The molecule has 1 aromatic rings. The Morgan fingerprint density at radius 3 is 2.61 bits per heavy atom. The first-order valence-corrected chi connectivity index (χ1v) is 6.96. The zero-order valence-corrected chi connectivity index (χ0v) is 11.7. The van der Waals surface area contributed by atoms with Crippen LogP contribution in [0.3, 0.4) is 0 Å². The van der Waals surface area contributed by atoms with E-state index in [9.17, 15) is 0 Å². The number of rotatable bonds is 7. The van der Waals surface area contributed by atoms with Crippen molar-refractivity contribution in [2.45, 2.75) is 23.5 Å². The smallest absolute Gasteiger partial charge is 0.0251 e. The Morgan fingerprint density at radius 1 is 1.28 bits per heavy atom. The lowest BCUT2D eigenvalue weighted by Crippen LogP contribution is -1.92. The fraction of sp³-hybridized carbons (Fsp3) is 0.176. The second kappa shape index (κ2) is 8.60. The maximum atomic E-state index is 3.86. The Kier molecular flexibility index (Phi) is 6.97. The van der Waals surface area contributed by atoms with E-state index < -0.39 is 0 Å². The van der Waals surface area contributed by atoms with Crippen molar-refractivity contribution in [3.63, 3.8) is 0 Å². The molecule has 94 valence electrons. The minimum absolute atomic E-state index is 0.442. The summed E-state index contributed by atoms with van der Waals surface area (Å²) in [4.78, 5) is 1.30. The molecule has 0 spiro atoms. The van der Waals surface area contributed by atoms with Crippen molar-refractivity contribution in [2.75, 3.05) is 0 Å². The molecule has 0 nitrogen and oxygen atoms in total. The highest BCUT2D eigenvalue weighted by Crippen LogP contribution is 2.24. The predicted octanol–water partition coefficient (Wildman–Crippen LogP) is 5.41. The van der Waals surface area contributed by atoms with Crippen LogP contribution in [0.15, 0.2) is 84.3 Å². The maximum absolute atomic E-state index is 3.86. The van der Waals surface area contributed by atoms with E-state index in [-0.39, 0.29) is 0 Å². The van der Waals surface area contributed by atoms with Crippen LogP contribution in [0, 0.1) is 0 Å². The van der Waals surface area contributed by atoms with Crippen molar-refractivity contribution >= 4 is 11.8 Å². The third-order valence-corrected chi connectivity index (χ3v) is 3.45. The van der Waals surface area contributed by atoms with Gasteiger partial charge in [0.05, 0.1) is 0 Å². The average Bonchev–Trinajstić information content (AvgIpc) is 2.39. The van der Waals surface area contributed by atoms with Gasteiger partial charge in [-0.3, -0.25) is 0 Å². The monoisotopic (exact) mass is 256 g/mol. The van der Waals surface area contributed by atoms with Gasteiger partial charge in [0.1, 0.15) is 0 Å². The van der Waals surface area contributed by atoms with Gasteiger partial charge in [-0.1, -0.05) is 61.7 Å². The van der Waals surface area contributed by atoms with E-state index in [1.54, 1.807) is 6.08 Å². The summed E-state index contributed by atoms with van der Waals surface area (Å²) in [5.74, 6) is 0. The number of thioether (sulfide) groups is 1.